The second kappa shape index (κ2) is 12.8. The lowest BCUT2D eigenvalue weighted by atomic mass is 10.1. The average Bonchev–Trinajstić information content (AvgIpc) is 2.87. The Morgan fingerprint density at radius 1 is 0.974 bits per heavy atom. The predicted molar refractivity (Wildman–Crippen MR) is 155 cm³/mol. The van der Waals surface area contributed by atoms with E-state index in [2.05, 4.69) is 21.2 Å². The fraction of sp³-hybridized carbons (Fsp3) is 0.286. The Kier molecular flexibility index (Phi) is 9.98. The molecule has 0 aromatic heterocycles. The van der Waals surface area contributed by atoms with Crippen LogP contribution in [0.1, 0.15) is 31.9 Å². The molecule has 1 atom stereocenters. The molecule has 0 aliphatic rings. The summed E-state index contributed by atoms with van der Waals surface area (Å²) in [5, 5.41) is 3.29. The van der Waals surface area contributed by atoms with E-state index in [0.717, 1.165) is 14.3 Å². The van der Waals surface area contributed by atoms with Gasteiger partial charge < -0.3 is 10.2 Å². The Labute approximate surface area is 238 Å². The molecule has 2 amide bonds. The molecule has 0 saturated heterocycles. The van der Waals surface area contributed by atoms with Gasteiger partial charge in [-0.05, 0) is 81.3 Å². The maximum Gasteiger partial charge on any atom is 0.264 e. The van der Waals surface area contributed by atoms with Gasteiger partial charge in [0.15, 0.2) is 0 Å². The second-order valence-corrected chi connectivity index (χ2v) is 12.5. The lowest BCUT2D eigenvalue weighted by molar-refractivity contribution is -0.139. The van der Waals surface area contributed by atoms with Gasteiger partial charge in [0.2, 0.25) is 11.8 Å². The summed E-state index contributed by atoms with van der Waals surface area (Å²) in [5.74, 6) is -0.848. The van der Waals surface area contributed by atoms with E-state index in [9.17, 15) is 18.0 Å². The molecule has 38 heavy (non-hydrogen) atoms. The standard InChI is InChI=1S/C28H31BrClN3O4S/c1-19(2)31-28(35)21(4)32(17-22-10-12-23(29)13-11-22)27(34)18-33(26-15-14-24(30)16-20(26)3)38(36,37)25-8-6-5-7-9-25/h5-16,19,21H,17-18H2,1-4H3,(H,31,35)/t21-/m1/s1. The zero-order valence-corrected chi connectivity index (χ0v) is 24.8. The Morgan fingerprint density at radius 3 is 2.18 bits per heavy atom. The minimum Gasteiger partial charge on any atom is -0.352 e. The van der Waals surface area contributed by atoms with Crippen LogP contribution < -0.4 is 9.62 Å². The van der Waals surface area contributed by atoms with E-state index in [1.54, 1.807) is 50.2 Å². The van der Waals surface area contributed by atoms with E-state index in [1.165, 1.54) is 17.0 Å². The lowest BCUT2D eigenvalue weighted by Crippen LogP contribution is -2.52. The monoisotopic (exact) mass is 619 g/mol. The summed E-state index contributed by atoms with van der Waals surface area (Å²) in [6.07, 6.45) is 0. The van der Waals surface area contributed by atoms with Crippen molar-refractivity contribution in [1.29, 1.82) is 0 Å². The Hall–Kier alpha value is -2.88. The van der Waals surface area contributed by atoms with Crippen LogP contribution in [-0.2, 0) is 26.2 Å². The third-order valence-corrected chi connectivity index (χ3v) is 8.44. The van der Waals surface area contributed by atoms with Gasteiger partial charge in [-0.15, -0.1) is 0 Å². The summed E-state index contributed by atoms with van der Waals surface area (Å²) < 4.78 is 29.6. The number of sulfonamides is 1. The van der Waals surface area contributed by atoms with Crippen LogP contribution in [0.25, 0.3) is 0 Å². The molecule has 3 aromatic rings. The molecule has 0 unspecified atom stereocenters. The number of amides is 2. The topological polar surface area (TPSA) is 86.8 Å². The van der Waals surface area contributed by atoms with Crippen molar-refractivity contribution in [2.24, 2.45) is 0 Å². The average molecular weight is 621 g/mol. The zero-order chi connectivity index (χ0) is 28.0. The van der Waals surface area contributed by atoms with Crippen LogP contribution in [0.2, 0.25) is 5.02 Å². The van der Waals surface area contributed by atoms with E-state index in [4.69, 9.17) is 11.6 Å². The minimum atomic E-state index is -4.13. The number of hydrogen-bond donors (Lipinski definition) is 1. The van der Waals surface area contributed by atoms with Crippen LogP contribution in [0, 0.1) is 6.92 Å². The molecule has 0 radical (unpaired) electrons. The highest BCUT2D eigenvalue weighted by Crippen LogP contribution is 2.29. The summed E-state index contributed by atoms with van der Waals surface area (Å²) in [6.45, 7) is 6.66. The molecule has 0 heterocycles. The molecule has 202 valence electrons. The molecule has 3 rings (SSSR count). The molecule has 0 aliphatic carbocycles. The number of nitrogens with one attached hydrogen (secondary N) is 1. The molecule has 1 N–H and O–H groups in total. The van der Waals surface area contributed by atoms with Crippen molar-refractivity contribution in [2.45, 2.75) is 51.2 Å². The Bertz CT molecular complexity index is 1380. The summed E-state index contributed by atoms with van der Waals surface area (Å²) in [7, 11) is -4.13. The first-order valence-electron chi connectivity index (χ1n) is 12.1. The molecule has 0 bridgehead atoms. The van der Waals surface area contributed by atoms with Crippen LogP contribution in [0.15, 0.2) is 82.2 Å². The molecule has 0 spiro atoms. The molecular weight excluding hydrogens is 590 g/mol. The van der Waals surface area contributed by atoms with Crippen LogP contribution in [0.5, 0.6) is 0 Å². The summed E-state index contributed by atoms with van der Waals surface area (Å²) in [5.41, 5.74) is 1.72. The highest BCUT2D eigenvalue weighted by Gasteiger charge is 2.33. The number of carbonyl (C=O) groups excluding carboxylic acids is 2. The number of nitrogens with zero attached hydrogens (tertiary/aromatic N) is 2. The van der Waals surface area contributed by atoms with E-state index in [-0.39, 0.29) is 23.4 Å². The summed E-state index contributed by atoms with van der Waals surface area (Å²) >= 11 is 9.54. The SMILES string of the molecule is Cc1cc(Cl)ccc1N(CC(=O)N(Cc1ccc(Br)cc1)[C@H](C)C(=O)NC(C)C)S(=O)(=O)c1ccccc1. The van der Waals surface area contributed by atoms with E-state index in [1.807, 2.05) is 38.1 Å². The maximum atomic E-state index is 13.9. The molecule has 0 fully saturated rings. The molecule has 10 heteroatoms. The maximum absolute atomic E-state index is 13.9. The Morgan fingerprint density at radius 2 is 1.61 bits per heavy atom. The van der Waals surface area contributed by atoms with Crippen LogP contribution in [0.4, 0.5) is 5.69 Å². The molecular formula is C28H31BrClN3O4S. The van der Waals surface area contributed by atoms with Gasteiger partial charge in [-0.25, -0.2) is 8.42 Å². The Balaban J connectivity index is 2.05. The van der Waals surface area contributed by atoms with E-state index < -0.39 is 28.5 Å². The van der Waals surface area contributed by atoms with Crippen LogP contribution >= 0.6 is 27.5 Å². The van der Waals surface area contributed by atoms with Crippen molar-refractivity contribution in [1.82, 2.24) is 10.2 Å². The first kappa shape index (κ1) is 29.7. The zero-order valence-electron chi connectivity index (χ0n) is 21.7. The molecule has 7 nitrogen and oxygen atoms in total. The normalized spacial score (nSPS) is 12.2. The number of hydrogen-bond acceptors (Lipinski definition) is 4. The van der Waals surface area contributed by atoms with Crippen molar-refractivity contribution >= 4 is 55.1 Å². The fourth-order valence-electron chi connectivity index (χ4n) is 3.91. The third kappa shape index (κ3) is 7.36. The molecule has 0 aliphatic heterocycles. The van der Waals surface area contributed by atoms with Gasteiger partial charge in [-0.2, -0.15) is 0 Å². The predicted octanol–water partition coefficient (Wildman–Crippen LogP) is 5.55. The van der Waals surface area contributed by atoms with Gasteiger partial charge >= 0.3 is 0 Å². The first-order valence-corrected chi connectivity index (χ1v) is 14.7. The molecule has 0 saturated carbocycles. The number of halogens is 2. The van der Waals surface area contributed by atoms with Gasteiger partial charge in [-0.3, -0.25) is 13.9 Å². The smallest absolute Gasteiger partial charge is 0.264 e. The lowest BCUT2D eigenvalue weighted by Gasteiger charge is -2.32. The van der Waals surface area contributed by atoms with Crippen molar-refractivity contribution in [3.63, 3.8) is 0 Å². The van der Waals surface area contributed by atoms with Gasteiger partial charge in [0.1, 0.15) is 12.6 Å². The minimum absolute atomic E-state index is 0.0483. The van der Waals surface area contributed by atoms with Crippen molar-refractivity contribution < 1.29 is 18.0 Å². The first-order chi connectivity index (χ1) is 17.9. The van der Waals surface area contributed by atoms with Crippen molar-refractivity contribution in [3.05, 3.63) is 93.4 Å². The number of anilines is 1. The van der Waals surface area contributed by atoms with Gasteiger partial charge in [0.05, 0.1) is 10.6 Å². The van der Waals surface area contributed by atoms with Crippen molar-refractivity contribution in [2.75, 3.05) is 10.8 Å². The third-order valence-electron chi connectivity index (χ3n) is 5.90. The number of benzene rings is 3. The fourth-order valence-corrected chi connectivity index (χ4v) is 5.90. The van der Waals surface area contributed by atoms with Crippen molar-refractivity contribution in [3.8, 4) is 0 Å². The summed E-state index contributed by atoms with van der Waals surface area (Å²) in [4.78, 5) is 28.3. The highest BCUT2D eigenvalue weighted by molar-refractivity contribution is 9.10. The van der Waals surface area contributed by atoms with E-state index >= 15 is 0 Å². The van der Waals surface area contributed by atoms with Crippen LogP contribution in [-0.4, -0.2) is 43.8 Å². The number of aryl methyl sites for hydroxylation is 1. The highest BCUT2D eigenvalue weighted by atomic mass is 79.9. The quantitative estimate of drug-likeness (QED) is 0.322. The largest absolute Gasteiger partial charge is 0.352 e. The van der Waals surface area contributed by atoms with E-state index in [0.29, 0.717) is 16.3 Å². The molecule has 3 aromatic carbocycles. The number of rotatable bonds is 10. The number of carbonyl (C=O) groups is 2. The van der Waals surface area contributed by atoms with Crippen LogP contribution in [0.3, 0.4) is 0 Å². The summed E-state index contributed by atoms with van der Waals surface area (Å²) in [6, 6.07) is 19.2. The second-order valence-electron chi connectivity index (χ2n) is 9.24. The van der Waals surface area contributed by atoms with Gasteiger partial charge in [0.25, 0.3) is 10.0 Å². The van der Waals surface area contributed by atoms with Gasteiger partial charge in [0, 0.05) is 22.1 Å². The van der Waals surface area contributed by atoms with Gasteiger partial charge in [-0.1, -0.05) is 57.9 Å².